The standard InChI is InChI=1S/C16H26N4/c1-5-13(17)16-18-14-11-12(2)7-8-15(14)20(16)10-6-9-19(3)4/h7-8,11,13H,5-6,9-10,17H2,1-4H3. The zero-order valence-corrected chi connectivity index (χ0v) is 13.1. The van der Waals surface area contributed by atoms with Crippen molar-refractivity contribution in [2.75, 3.05) is 20.6 Å². The second kappa shape index (κ2) is 6.37. The summed E-state index contributed by atoms with van der Waals surface area (Å²) < 4.78 is 2.30. The number of benzene rings is 1. The molecular weight excluding hydrogens is 248 g/mol. The van der Waals surface area contributed by atoms with E-state index >= 15 is 0 Å². The molecule has 2 N–H and O–H groups in total. The van der Waals surface area contributed by atoms with Gasteiger partial charge in [-0.3, -0.25) is 0 Å². The normalized spacial score (nSPS) is 13.3. The third-order valence-electron chi connectivity index (χ3n) is 3.69. The van der Waals surface area contributed by atoms with Gasteiger partial charge < -0.3 is 15.2 Å². The Morgan fingerprint density at radius 1 is 1.35 bits per heavy atom. The maximum absolute atomic E-state index is 6.23. The van der Waals surface area contributed by atoms with Crippen molar-refractivity contribution in [3.05, 3.63) is 29.6 Å². The summed E-state index contributed by atoms with van der Waals surface area (Å²) in [7, 11) is 4.21. The van der Waals surface area contributed by atoms with Gasteiger partial charge in [-0.15, -0.1) is 0 Å². The first-order valence-electron chi connectivity index (χ1n) is 7.40. The summed E-state index contributed by atoms with van der Waals surface area (Å²) in [5.74, 6) is 1.02. The second-order valence-electron chi connectivity index (χ2n) is 5.79. The molecule has 0 saturated heterocycles. The van der Waals surface area contributed by atoms with Crippen LogP contribution in [0.15, 0.2) is 18.2 Å². The molecule has 4 heteroatoms. The van der Waals surface area contributed by atoms with Crippen molar-refractivity contribution in [2.24, 2.45) is 5.73 Å². The van der Waals surface area contributed by atoms with Crippen LogP contribution in [0.4, 0.5) is 0 Å². The number of aryl methyl sites for hydroxylation is 2. The maximum Gasteiger partial charge on any atom is 0.126 e. The Labute approximate surface area is 121 Å². The first-order chi connectivity index (χ1) is 9.52. The van der Waals surface area contributed by atoms with Crippen LogP contribution in [0.3, 0.4) is 0 Å². The van der Waals surface area contributed by atoms with E-state index < -0.39 is 0 Å². The summed E-state index contributed by atoms with van der Waals surface area (Å²) in [6.07, 6.45) is 2.02. The monoisotopic (exact) mass is 274 g/mol. The number of rotatable bonds is 6. The van der Waals surface area contributed by atoms with Crippen molar-refractivity contribution >= 4 is 11.0 Å². The number of imidazole rings is 1. The predicted molar refractivity (Wildman–Crippen MR) is 84.9 cm³/mol. The predicted octanol–water partition coefficient (Wildman–Crippen LogP) is 2.71. The topological polar surface area (TPSA) is 47.1 Å². The Morgan fingerprint density at radius 3 is 2.75 bits per heavy atom. The summed E-state index contributed by atoms with van der Waals surface area (Å²) in [6, 6.07) is 6.47. The lowest BCUT2D eigenvalue weighted by Gasteiger charge is -2.15. The Morgan fingerprint density at radius 2 is 2.10 bits per heavy atom. The fraction of sp³-hybridized carbons (Fsp3) is 0.562. The van der Waals surface area contributed by atoms with Crippen LogP contribution in [-0.4, -0.2) is 35.1 Å². The van der Waals surface area contributed by atoms with E-state index in [9.17, 15) is 0 Å². The van der Waals surface area contributed by atoms with Gasteiger partial charge in [-0.2, -0.15) is 0 Å². The molecule has 1 aromatic carbocycles. The molecule has 20 heavy (non-hydrogen) atoms. The molecule has 4 nitrogen and oxygen atoms in total. The molecule has 1 aromatic heterocycles. The lowest BCUT2D eigenvalue weighted by Crippen LogP contribution is -2.19. The Bertz CT molecular complexity index is 571. The molecule has 0 spiro atoms. The average molecular weight is 274 g/mol. The number of hydrogen-bond donors (Lipinski definition) is 1. The van der Waals surface area contributed by atoms with Gasteiger partial charge >= 0.3 is 0 Å². The van der Waals surface area contributed by atoms with Gasteiger partial charge in [0.1, 0.15) is 5.82 Å². The van der Waals surface area contributed by atoms with Crippen LogP contribution in [0, 0.1) is 6.92 Å². The summed E-state index contributed by atoms with van der Waals surface area (Å²) in [6.45, 7) is 6.26. The van der Waals surface area contributed by atoms with Crippen LogP contribution >= 0.6 is 0 Å². The lowest BCUT2D eigenvalue weighted by molar-refractivity contribution is 0.384. The number of nitrogens with two attached hydrogens (primary N) is 1. The van der Waals surface area contributed by atoms with Gasteiger partial charge in [-0.05, 0) is 58.1 Å². The first-order valence-corrected chi connectivity index (χ1v) is 7.40. The Hall–Kier alpha value is -1.39. The number of aromatic nitrogens is 2. The van der Waals surface area contributed by atoms with E-state index in [1.165, 1.54) is 11.1 Å². The lowest BCUT2D eigenvalue weighted by atomic mass is 10.2. The minimum Gasteiger partial charge on any atom is -0.327 e. The highest BCUT2D eigenvalue weighted by Crippen LogP contribution is 2.22. The van der Waals surface area contributed by atoms with Gasteiger partial charge in [-0.25, -0.2) is 4.98 Å². The molecule has 1 heterocycles. The van der Waals surface area contributed by atoms with Gasteiger partial charge in [-0.1, -0.05) is 13.0 Å². The van der Waals surface area contributed by atoms with E-state index in [1.54, 1.807) is 0 Å². The van der Waals surface area contributed by atoms with E-state index in [-0.39, 0.29) is 6.04 Å². The van der Waals surface area contributed by atoms with E-state index in [2.05, 4.69) is 55.6 Å². The average Bonchev–Trinajstić information content (AvgIpc) is 2.75. The Balaban J connectivity index is 2.36. The SMILES string of the molecule is CCC(N)c1nc2cc(C)ccc2n1CCCN(C)C. The molecule has 0 radical (unpaired) electrons. The number of hydrogen-bond acceptors (Lipinski definition) is 3. The van der Waals surface area contributed by atoms with Crippen LogP contribution in [0.2, 0.25) is 0 Å². The highest BCUT2D eigenvalue weighted by atomic mass is 15.1. The Kier molecular flexibility index (Phi) is 4.78. The van der Waals surface area contributed by atoms with Crippen LogP contribution in [0.1, 0.15) is 37.2 Å². The molecule has 0 aliphatic rings. The summed E-state index contributed by atoms with van der Waals surface area (Å²) in [4.78, 5) is 6.98. The maximum atomic E-state index is 6.23. The second-order valence-corrected chi connectivity index (χ2v) is 5.79. The molecule has 1 unspecified atom stereocenters. The van der Waals surface area contributed by atoms with Gasteiger partial charge in [0, 0.05) is 6.54 Å². The molecule has 2 aromatic rings. The molecule has 0 fully saturated rings. The molecule has 0 amide bonds. The summed E-state index contributed by atoms with van der Waals surface area (Å²) in [5, 5.41) is 0. The van der Waals surface area contributed by atoms with Gasteiger partial charge in [0.05, 0.1) is 17.1 Å². The fourth-order valence-electron chi connectivity index (χ4n) is 2.50. The summed E-state index contributed by atoms with van der Waals surface area (Å²) in [5.41, 5.74) is 9.74. The molecule has 0 aliphatic carbocycles. The van der Waals surface area contributed by atoms with Gasteiger partial charge in [0.15, 0.2) is 0 Å². The molecule has 0 aliphatic heterocycles. The highest BCUT2D eigenvalue weighted by molar-refractivity contribution is 5.77. The zero-order chi connectivity index (χ0) is 14.7. The summed E-state index contributed by atoms with van der Waals surface area (Å²) >= 11 is 0. The zero-order valence-electron chi connectivity index (χ0n) is 13.1. The van der Waals surface area contributed by atoms with Crippen molar-refractivity contribution in [2.45, 2.75) is 39.3 Å². The van der Waals surface area contributed by atoms with Crippen LogP contribution in [-0.2, 0) is 6.54 Å². The number of nitrogens with zero attached hydrogens (tertiary/aromatic N) is 3. The van der Waals surface area contributed by atoms with Crippen LogP contribution in [0.25, 0.3) is 11.0 Å². The third kappa shape index (κ3) is 3.19. The minimum atomic E-state index is 0.0158. The van der Waals surface area contributed by atoms with E-state index in [0.29, 0.717) is 0 Å². The van der Waals surface area contributed by atoms with Gasteiger partial charge in [0.25, 0.3) is 0 Å². The van der Waals surface area contributed by atoms with Crippen LogP contribution in [0.5, 0.6) is 0 Å². The van der Waals surface area contributed by atoms with Crippen molar-refractivity contribution in [3.8, 4) is 0 Å². The van der Waals surface area contributed by atoms with Crippen molar-refractivity contribution in [3.63, 3.8) is 0 Å². The molecule has 1 atom stereocenters. The van der Waals surface area contributed by atoms with Crippen LogP contribution < -0.4 is 5.73 Å². The molecular formula is C16H26N4. The van der Waals surface area contributed by atoms with Crippen molar-refractivity contribution < 1.29 is 0 Å². The molecule has 0 bridgehead atoms. The fourth-order valence-corrected chi connectivity index (χ4v) is 2.50. The third-order valence-corrected chi connectivity index (χ3v) is 3.69. The van der Waals surface area contributed by atoms with Crippen molar-refractivity contribution in [1.29, 1.82) is 0 Å². The smallest absolute Gasteiger partial charge is 0.126 e. The highest BCUT2D eigenvalue weighted by Gasteiger charge is 2.15. The first kappa shape index (κ1) is 15.0. The van der Waals surface area contributed by atoms with Gasteiger partial charge in [0.2, 0.25) is 0 Å². The molecule has 110 valence electrons. The minimum absolute atomic E-state index is 0.0158. The largest absolute Gasteiger partial charge is 0.327 e. The van der Waals surface area contributed by atoms with Crippen molar-refractivity contribution in [1.82, 2.24) is 14.5 Å². The number of fused-ring (bicyclic) bond motifs is 1. The van der Waals surface area contributed by atoms with E-state index in [1.807, 2.05) is 0 Å². The quantitative estimate of drug-likeness (QED) is 0.881. The molecule has 2 rings (SSSR count). The molecule has 0 saturated carbocycles. The van der Waals surface area contributed by atoms with E-state index in [4.69, 9.17) is 10.7 Å². The van der Waals surface area contributed by atoms with E-state index in [0.717, 1.165) is 37.3 Å².